The molecule has 1 fully saturated rings. The van der Waals surface area contributed by atoms with Crippen molar-refractivity contribution in [3.05, 3.63) is 86.3 Å². The minimum absolute atomic E-state index is 0.0500. The molecule has 0 spiro atoms. The molecule has 0 radical (unpaired) electrons. The predicted molar refractivity (Wildman–Crippen MR) is 119 cm³/mol. The number of aryl methyl sites for hydroxylation is 1. The number of pyridine rings is 1. The first-order valence-corrected chi connectivity index (χ1v) is 10.7. The molecular weight excluding hydrogens is 436 g/mol. The molecule has 8 heteroatoms. The second-order valence-electron chi connectivity index (χ2n) is 7.10. The van der Waals surface area contributed by atoms with E-state index >= 15 is 0 Å². The lowest BCUT2D eigenvalue weighted by molar-refractivity contribution is -0.140. The van der Waals surface area contributed by atoms with Crippen LogP contribution in [0.4, 0.5) is 0 Å². The molecule has 4 rings (SSSR count). The number of nitrogens with zero attached hydrogens (tertiary/aromatic N) is 2. The van der Waals surface area contributed by atoms with Gasteiger partial charge in [-0.2, -0.15) is 0 Å². The van der Waals surface area contributed by atoms with Crippen LogP contribution in [-0.2, 0) is 16.1 Å². The van der Waals surface area contributed by atoms with Gasteiger partial charge < -0.3 is 14.7 Å². The number of aliphatic hydroxyl groups is 1. The average Bonchev–Trinajstić information content (AvgIpc) is 3.30. The Labute approximate surface area is 188 Å². The number of carbonyl (C=O) groups excluding carboxylic acids is 2. The van der Waals surface area contributed by atoms with E-state index in [-0.39, 0.29) is 17.9 Å². The smallest absolute Gasteiger partial charge is 0.295 e. The first kappa shape index (κ1) is 21.1. The van der Waals surface area contributed by atoms with Crippen LogP contribution in [0.3, 0.4) is 0 Å². The van der Waals surface area contributed by atoms with Crippen LogP contribution in [0.1, 0.15) is 27.6 Å². The Morgan fingerprint density at radius 3 is 2.61 bits per heavy atom. The molecule has 1 saturated heterocycles. The van der Waals surface area contributed by atoms with E-state index < -0.39 is 17.7 Å². The molecule has 1 aliphatic rings. The molecule has 1 N–H and O–H groups in total. The summed E-state index contributed by atoms with van der Waals surface area (Å²) >= 11 is 7.54. The number of Topliss-reactive ketones (excluding diaryl/α,β-unsaturated/α-hetero) is 1. The van der Waals surface area contributed by atoms with Gasteiger partial charge in [0.2, 0.25) is 0 Å². The average molecular weight is 455 g/mol. The van der Waals surface area contributed by atoms with Gasteiger partial charge in [0.25, 0.3) is 11.7 Å². The zero-order valence-electron chi connectivity index (χ0n) is 16.8. The highest BCUT2D eigenvalue weighted by Crippen LogP contribution is 2.43. The quantitative estimate of drug-likeness (QED) is 0.342. The lowest BCUT2D eigenvalue weighted by atomic mass is 9.98. The molecule has 1 amide bonds. The van der Waals surface area contributed by atoms with Crippen LogP contribution < -0.4 is 4.74 Å². The topological polar surface area (TPSA) is 79.7 Å². The summed E-state index contributed by atoms with van der Waals surface area (Å²) in [5.74, 6) is -1.28. The third-order valence-corrected chi connectivity index (χ3v) is 6.60. The fourth-order valence-electron chi connectivity index (χ4n) is 3.63. The first-order valence-electron chi connectivity index (χ1n) is 9.47. The number of thiophene rings is 1. The van der Waals surface area contributed by atoms with E-state index in [2.05, 4.69) is 4.98 Å². The van der Waals surface area contributed by atoms with Gasteiger partial charge in [0.15, 0.2) is 0 Å². The lowest BCUT2D eigenvalue weighted by Gasteiger charge is -2.25. The minimum Gasteiger partial charge on any atom is -0.507 e. The van der Waals surface area contributed by atoms with Crippen LogP contribution >= 0.6 is 22.9 Å². The van der Waals surface area contributed by atoms with Crippen molar-refractivity contribution >= 4 is 40.4 Å². The zero-order chi connectivity index (χ0) is 22.1. The van der Waals surface area contributed by atoms with Crippen molar-refractivity contribution in [3.8, 4) is 5.75 Å². The summed E-state index contributed by atoms with van der Waals surface area (Å²) in [6.45, 7) is 2.14. The number of hydrogen-bond acceptors (Lipinski definition) is 6. The Balaban J connectivity index is 1.87. The van der Waals surface area contributed by atoms with Gasteiger partial charge in [0.05, 0.1) is 17.7 Å². The normalized spacial score (nSPS) is 17.9. The van der Waals surface area contributed by atoms with E-state index in [0.717, 1.165) is 16.0 Å². The van der Waals surface area contributed by atoms with E-state index in [0.29, 0.717) is 16.3 Å². The summed E-state index contributed by atoms with van der Waals surface area (Å²) in [5.41, 5.74) is 2.18. The second-order valence-corrected chi connectivity index (χ2v) is 8.45. The number of aromatic nitrogens is 1. The van der Waals surface area contributed by atoms with E-state index in [1.807, 2.05) is 18.4 Å². The van der Waals surface area contributed by atoms with Gasteiger partial charge >= 0.3 is 0 Å². The molecule has 1 unspecified atom stereocenters. The van der Waals surface area contributed by atoms with Crippen LogP contribution in [0.15, 0.2) is 59.7 Å². The number of amides is 1. The fourth-order valence-corrected chi connectivity index (χ4v) is 4.87. The molecule has 0 bridgehead atoms. The Hall–Kier alpha value is -3.16. The van der Waals surface area contributed by atoms with E-state index in [1.165, 1.54) is 23.3 Å². The standard InChI is InChI=1S/C23H19ClN2O4S/c1-13-7-10-31-22(13)19-18(20(27)15-3-4-16(24)17(11-15)30-2)21(28)23(29)26(19)12-14-5-8-25-9-6-14/h3-11,19,27H,12H2,1-2H3/b20-18-. The number of carbonyl (C=O) groups is 2. The van der Waals surface area contributed by atoms with Crippen LogP contribution in [0.25, 0.3) is 5.76 Å². The Morgan fingerprint density at radius 2 is 1.97 bits per heavy atom. The van der Waals surface area contributed by atoms with E-state index in [4.69, 9.17) is 16.3 Å². The van der Waals surface area contributed by atoms with Crippen molar-refractivity contribution in [1.29, 1.82) is 0 Å². The number of likely N-dealkylation sites (tertiary alicyclic amines) is 1. The maximum absolute atomic E-state index is 13.1. The third kappa shape index (κ3) is 3.82. The van der Waals surface area contributed by atoms with Crippen LogP contribution in [-0.4, -0.2) is 33.8 Å². The summed E-state index contributed by atoms with van der Waals surface area (Å²) in [4.78, 5) is 32.4. The van der Waals surface area contributed by atoms with Gasteiger partial charge in [0.1, 0.15) is 17.6 Å². The molecule has 6 nitrogen and oxygen atoms in total. The van der Waals surface area contributed by atoms with E-state index in [1.54, 1.807) is 42.7 Å². The highest BCUT2D eigenvalue weighted by Gasteiger charge is 2.47. The Bertz CT molecular complexity index is 1190. The number of benzene rings is 1. The van der Waals surface area contributed by atoms with Gasteiger partial charge in [-0.25, -0.2) is 0 Å². The van der Waals surface area contributed by atoms with Gasteiger partial charge in [-0.15, -0.1) is 11.3 Å². The van der Waals surface area contributed by atoms with Crippen molar-refractivity contribution in [2.75, 3.05) is 7.11 Å². The first-order chi connectivity index (χ1) is 14.9. The molecule has 3 heterocycles. The predicted octanol–water partition coefficient (Wildman–Crippen LogP) is 4.74. The molecule has 31 heavy (non-hydrogen) atoms. The largest absolute Gasteiger partial charge is 0.507 e. The monoisotopic (exact) mass is 454 g/mol. The number of aliphatic hydroxyl groups excluding tert-OH is 1. The SMILES string of the molecule is COc1cc(/C(O)=C2/C(=O)C(=O)N(Cc3ccncc3)C2c2sccc2C)ccc1Cl. The Kier molecular flexibility index (Phi) is 5.80. The third-order valence-electron chi connectivity index (χ3n) is 5.22. The van der Waals surface area contributed by atoms with E-state index in [9.17, 15) is 14.7 Å². The van der Waals surface area contributed by atoms with Crippen molar-refractivity contribution in [2.24, 2.45) is 0 Å². The summed E-state index contributed by atoms with van der Waals surface area (Å²) in [6, 6.07) is 9.53. The summed E-state index contributed by atoms with van der Waals surface area (Å²) in [6.07, 6.45) is 3.27. The van der Waals surface area contributed by atoms with Gasteiger partial charge in [-0.3, -0.25) is 14.6 Å². The summed E-state index contributed by atoms with van der Waals surface area (Å²) in [5, 5.41) is 13.4. The lowest BCUT2D eigenvalue weighted by Crippen LogP contribution is -2.29. The molecule has 2 aromatic heterocycles. The zero-order valence-corrected chi connectivity index (χ0v) is 18.4. The molecule has 0 saturated carbocycles. The molecule has 158 valence electrons. The van der Waals surface area contributed by atoms with Crippen molar-refractivity contribution in [1.82, 2.24) is 9.88 Å². The molecule has 0 aliphatic carbocycles. The molecule has 3 aromatic rings. The van der Waals surface area contributed by atoms with Gasteiger partial charge in [-0.05, 0) is 59.8 Å². The summed E-state index contributed by atoms with van der Waals surface area (Å²) < 4.78 is 5.23. The highest BCUT2D eigenvalue weighted by atomic mass is 35.5. The number of methoxy groups -OCH3 is 1. The minimum atomic E-state index is -0.724. The molecular formula is C23H19ClN2O4S. The maximum Gasteiger partial charge on any atom is 0.295 e. The van der Waals surface area contributed by atoms with Crippen molar-refractivity contribution in [3.63, 3.8) is 0 Å². The van der Waals surface area contributed by atoms with Crippen LogP contribution in [0.5, 0.6) is 5.75 Å². The number of rotatable bonds is 5. The number of hydrogen-bond donors (Lipinski definition) is 1. The fraction of sp³-hybridized carbons (Fsp3) is 0.174. The maximum atomic E-state index is 13.1. The molecule has 1 atom stereocenters. The molecule has 1 aliphatic heterocycles. The summed E-state index contributed by atoms with van der Waals surface area (Å²) in [7, 11) is 1.47. The number of ketones is 1. The highest BCUT2D eigenvalue weighted by molar-refractivity contribution is 7.10. The van der Waals surface area contributed by atoms with Crippen molar-refractivity contribution < 1.29 is 19.4 Å². The second kappa shape index (κ2) is 8.53. The Morgan fingerprint density at radius 1 is 1.23 bits per heavy atom. The van der Waals surface area contributed by atoms with Crippen molar-refractivity contribution in [2.45, 2.75) is 19.5 Å². The van der Waals surface area contributed by atoms with Gasteiger partial charge in [0, 0.05) is 29.4 Å². The molecule has 1 aromatic carbocycles. The van der Waals surface area contributed by atoms with Gasteiger partial charge in [-0.1, -0.05) is 11.6 Å². The van der Waals surface area contributed by atoms with Crippen LogP contribution in [0.2, 0.25) is 5.02 Å². The number of ether oxygens (including phenoxy) is 1. The number of halogens is 1. The van der Waals surface area contributed by atoms with Crippen LogP contribution in [0, 0.1) is 6.92 Å².